The van der Waals surface area contributed by atoms with Crippen LogP contribution in [0.1, 0.15) is 30.1 Å². The molecule has 1 saturated carbocycles. The molecule has 0 spiro atoms. The van der Waals surface area contributed by atoms with Crippen LogP contribution in [-0.2, 0) is 9.53 Å². The van der Waals surface area contributed by atoms with Gasteiger partial charge in [-0.05, 0) is 80.3 Å². The van der Waals surface area contributed by atoms with Gasteiger partial charge in [0.25, 0.3) is 5.91 Å². The van der Waals surface area contributed by atoms with Gasteiger partial charge in [0.2, 0.25) is 5.91 Å². The Bertz CT molecular complexity index is 900. The molecule has 0 aromatic heterocycles. The van der Waals surface area contributed by atoms with Crippen LogP contribution < -0.4 is 15.4 Å². The summed E-state index contributed by atoms with van der Waals surface area (Å²) in [4.78, 5) is 35.4. The summed E-state index contributed by atoms with van der Waals surface area (Å²) in [6.07, 6.45) is 4.99. The highest BCUT2D eigenvalue weighted by Gasteiger charge is 2.17. The van der Waals surface area contributed by atoms with Crippen LogP contribution in [0, 0.1) is 5.92 Å². The lowest BCUT2D eigenvalue weighted by Gasteiger charge is -2.08. The third kappa shape index (κ3) is 6.49. The Balaban J connectivity index is 1.52. The quantitative estimate of drug-likeness (QED) is 0.413. The van der Waals surface area contributed by atoms with Gasteiger partial charge in [0, 0.05) is 16.9 Å². The lowest BCUT2D eigenvalue weighted by atomic mass is 10.2. The summed E-state index contributed by atoms with van der Waals surface area (Å²) in [6, 6.07) is 13.0. The van der Waals surface area contributed by atoms with E-state index < -0.39 is 6.16 Å². The summed E-state index contributed by atoms with van der Waals surface area (Å²) in [5, 5.41) is 5.55. The maximum Gasteiger partial charge on any atom is 0.513 e. The molecule has 1 fully saturated rings. The van der Waals surface area contributed by atoms with E-state index in [1.54, 1.807) is 49.4 Å². The van der Waals surface area contributed by atoms with E-state index in [1.807, 2.05) is 6.08 Å². The number of amides is 2. The molecule has 1 aliphatic rings. The Morgan fingerprint density at radius 2 is 1.59 bits per heavy atom. The fourth-order valence-corrected chi connectivity index (χ4v) is 2.45. The number of hydrogen-bond acceptors (Lipinski definition) is 5. The number of allylic oxidation sites excluding steroid dienone is 1. The van der Waals surface area contributed by atoms with E-state index in [1.165, 1.54) is 12.1 Å². The third-order valence-corrected chi connectivity index (χ3v) is 4.13. The second kappa shape index (κ2) is 9.54. The standard InChI is InChI=1S/C22H22N2O5/c1-2-28-22(27)29-19-12-6-16(7-13-19)21(26)24-18-10-8-17(9-11-18)23-20(25)14-5-15-3-4-15/h5-15H,2-4H2,1H3,(H,23,25)(H,24,26)/b14-5+. The van der Waals surface area contributed by atoms with Gasteiger partial charge in [-0.2, -0.15) is 0 Å². The van der Waals surface area contributed by atoms with E-state index >= 15 is 0 Å². The molecule has 7 heteroatoms. The van der Waals surface area contributed by atoms with E-state index in [0.717, 1.165) is 12.8 Å². The number of nitrogens with one attached hydrogen (secondary N) is 2. The molecule has 150 valence electrons. The van der Waals surface area contributed by atoms with Gasteiger partial charge in [-0.3, -0.25) is 9.59 Å². The van der Waals surface area contributed by atoms with Gasteiger partial charge >= 0.3 is 6.16 Å². The van der Waals surface area contributed by atoms with Gasteiger partial charge in [-0.25, -0.2) is 4.79 Å². The molecule has 0 bridgehead atoms. The lowest BCUT2D eigenvalue weighted by Crippen LogP contribution is -2.13. The molecule has 1 aliphatic carbocycles. The molecule has 2 amide bonds. The van der Waals surface area contributed by atoms with Crippen molar-refractivity contribution in [3.63, 3.8) is 0 Å². The summed E-state index contributed by atoms with van der Waals surface area (Å²) >= 11 is 0. The van der Waals surface area contributed by atoms with E-state index in [2.05, 4.69) is 10.6 Å². The minimum atomic E-state index is -0.792. The van der Waals surface area contributed by atoms with E-state index in [9.17, 15) is 14.4 Å². The highest BCUT2D eigenvalue weighted by Crippen LogP contribution is 2.30. The van der Waals surface area contributed by atoms with Crippen LogP contribution in [0.25, 0.3) is 0 Å². The molecule has 0 aliphatic heterocycles. The second-order valence-corrected chi connectivity index (χ2v) is 6.53. The first-order chi connectivity index (χ1) is 14.0. The van der Waals surface area contributed by atoms with Crippen LogP contribution >= 0.6 is 0 Å². The van der Waals surface area contributed by atoms with Crippen molar-refractivity contribution < 1.29 is 23.9 Å². The van der Waals surface area contributed by atoms with Crippen LogP contribution in [0.4, 0.5) is 16.2 Å². The Morgan fingerprint density at radius 3 is 2.17 bits per heavy atom. The number of ether oxygens (including phenoxy) is 2. The molecule has 2 aromatic carbocycles. The van der Waals surface area contributed by atoms with Crippen LogP contribution in [0.15, 0.2) is 60.7 Å². The molecule has 2 aromatic rings. The van der Waals surface area contributed by atoms with Crippen molar-refractivity contribution in [2.45, 2.75) is 19.8 Å². The number of rotatable bonds is 7. The van der Waals surface area contributed by atoms with Gasteiger partial charge < -0.3 is 20.1 Å². The summed E-state index contributed by atoms with van der Waals surface area (Å²) in [5.74, 6) is 0.357. The van der Waals surface area contributed by atoms with Crippen LogP contribution in [0.5, 0.6) is 5.75 Å². The highest BCUT2D eigenvalue weighted by molar-refractivity contribution is 6.04. The molecule has 29 heavy (non-hydrogen) atoms. The molecule has 7 nitrogen and oxygen atoms in total. The summed E-state index contributed by atoms with van der Waals surface area (Å²) in [7, 11) is 0. The van der Waals surface area contributed by atoms with Crippen LogP contribution in [-0.4, -0.2) is 24.6 Å². The molecule has 0 saturated heterocycles. The fourth-order valence-electron chi connectivity index (χ4n) is 2.45. The Morgan fingerprint density at radius 1 is 0.966 bits per heavy atom. The van der Waals surface area contributed by atoms with Crippen molar-refractivity contribution in [3.05, 3.63) is 66.2 Å². The smallest absolute Gasteiger partial charge is 0.434 e. The topological polar surface area (TPSA) is 93.7 Å². The number of carbonyl (C=O) groups is 3. The zero-order valence-electron chi connectivity index (χ0n) is 16.0. The van der Waals surface area contributed by atoms with Crippen molar-refractivity contribution in [3.8, 4) is 5.75 Å². The second-order valence-electron chi connectivity index (χ2n) is 6.53. The Hall–Kier alpha value is -3.61. The Labute approximate surface area is 168 Å². The van der Waals surface area contributed by atoms with Gasteiger partial charge in [-0.15, -0.1) is 0 Å². The van der Waals surface area contributed by atoms with Crippen molar-refractivity contribution in [2.24, 2.45) is 5.92 Å². The van der Waals surface area contributed by atoms with Gasteiger partial charge in [0.05, 0.1) is 6.61 Å². The van der Waals surface area contributed by atoms with Gasteiger partial charge in [-0.1, -0.05) is 6.08 Å². The van der Waals surface area contributed by atoms with Crippen molar-refractivity contribution >= 4 is 29.3 Å². The molecular weight excluding hydrogens is 372 g/mol. The normalized spacial score (nSPS) is 13.0. The highest BCUT2D eigenvalue weighted by atomic mass is 16.7. The summed E-state index contributed by atoms with van der Waals surface area (Å²) in [5.41, 5.74) is 1.64. The minimum Gasteiger partial charge on any atom is -0.434 e. The first-order valence-corrected chi connectivity index (χ1v) is 9.39. The molecule has 0 atom stereocenters. The van der Waals surface area contributed by atoms with Gasteiger partial charge in [0.1, 0.15) is 5.75 Å². The van der Waals surface area contributed by atoms with E-state index in [-0.39, 0.29) is 24.2 Å². The summed E-state index contributed by atoms with van der Waals surface area (Å²) < 4.78 is 9.65. The van der Waals surface area contributed by atoms with Crippen molar-refractivity contribution in [2.75, 3.05) is 17.2 Å². The van der Waals surface area contributed by atoms with E-state index in [4.69, 9.17) is 9.47 Å². The van der Waals surface area contributed by atoms with Crippen molar-refractivity contribution in [1.82, 2.24) is 0 Å². The lowest BCUT2D eigenvalue weighted by molar-refractivity contribution is -0.111. The predicted octanol–water partition coefficient (Wildman–Crippen LogP) is 4.38. The molecule has 0 heterocycles. The maximum atomic E-state index is 12.3. The fraction of sp³-hybridized carbons (Fsp3) is 0.227. The summed E-state index contributed by atoms with van der Waals surface area (Å²) in [6.45, 7) is 1.90. The molecular formula is C22H22N2O5. The third-order valence-electron chi connectivity index (χ3n) is 4.13. The molecule has 0 radical (unpaired) electrons. The number of benzene rings is 2. The molecule has 2 N–H and O–H groups in total. The first-order valence-electron chi connectivity index (χ1n) is 9.39. The SMILES string of the molecule is CCOC(=O)Oc1ccc(C(=O)Nc2ccc(NC(=O)/C=C/C3CC3)cc2)cc1. The monoisotopic (exact) mass is 394 g/mol. The average Bonchev–Trinajstić information content (AvgIpc) is 3.53. The molecule has 0 unspecified atom stereocenters. The van der Waals surface area contributed by atoms with Crippen LogP contribution in [0.3, 0.4) is 0 Å². The largest absolute Gasteiger partial charge is 0.513 e. The zero-order valence-corrected chi connectivity index (χ0v) is 16.0. The van der Waals surface area contributed by atoms with Gasteiger partial charge in [0.15, 0.2) is 0 Å². The first kappa shape index (κ1) is 20.1. The zero-order chi connectivity index (χ0) is 20.6. The average molecular weight is 394 g/mol. The van der Waals surface area contributed by atoms with Crippen LogP contribution in [0.2, 0.25) is 0 Å². The number of hydrogen-bond donors (Lipinski definition) is 2. The number of anilines is 2. The Kier molecular flexibility index (Phi) is 6.63. The van der Waals surface area contributed by atoms with Crippen molar-refractivity contribution in [1.29, 1.82) is 0 Å². The number of carbonyl (C=O) groups excluding carboxylic acids is 3. The van der Waals surface area contributed by atoms with E-state index in [0.29, 0.717) is 22.9 Å². The maximum absolute atomic E-state index is 12.3. The molecule has 3 rings (SSSR count). The predicted molar refractivity (Wildman–Crippen MR) is 109 cm³/mol. The minimum absolute atomic E-state index is 0.168.